The summed E-state index contributed by atoms with van der Waals surface area (Å²) in [5, 5.41) is 3.52. The standard InChI is InChI=1S/C17H26N2/c1-16(2)17(8-11-18-12-9-17)10-13-19(16)14-15-6-4-3-5-7-15/h3-7,18H,8-14H2,1-2H3. The average Bonchev–Trinajstić information content (AvgIpc) is 2.66. The number of likely N-dealkylation sites (tertiary alicyclic amines) is 1. The van der Waals surface area contributed by atoms with Gasteiger partial charge in [0, 0.05) is 12.1 Å². The number of hydrogen-bond acceptors (Lipinski definition) is 2. The second-order valence-electron chi connectivity index (χ2n) is 6.75. The van der Waals surface area contributed by atoms with E-state index in [2.05, 4.69) is 54.4 Å². The fourth-order valence-corrected chi connectivity index (χ4v) is 4.12. The number of piperidine rings is 1. The van der Waals surface area contributed by atoms with E-state index >= 15 is 0 Å². The van der Waals surface area contributed by atoms with Crippen molar-refractivity contribution in [1.29, 1.82) is 0 Å². The molecular formula is C17H26N2. The average molecular weight is 258 g/mol. The van der Waals surface area contributed by atoms with Crippen LogP contribution in [0.25, 0.3) is 0 Å². The number of nitrogens with zero attached hydrogens (tertiary/aromatic N) is 1. The molecule has 2 saturated heterocycles. The minimum absolute atomic E-state index is 0.324. The van der Waals surface area contributed by atoms with Crippen LogP contribution in [0, 0.1) is 5.41 Å². The van der Waals surface area contributed by atoms with Gasteiger partial charge in [-0.3, -0.25) is 4.90 Å². The molecule has 2 aliphatic rings. The van der Waals surface area contributed by atoms with E-state index in [-0.39, 0.29) is 0 Å². The zero-order chi connectivity index (χ0) is 13.3. The summed E-state index contributed by atoms with van der Waals surface area (Å²) in [5.41, 5.74) is 2.30. The molecule has 1 aromatic rings. The molecule has 3 rings (SSSR count). The SMILES string of the molecule is CC1(C)N(Cc2ccccc2)CCC12CCNCC2. The normalized spacial score (nSPS) is 25.8. The van der Waals surface area contributed by atoms with Crippen LogP contribution < -0.4 is 5.32 Å². The van der Waals surface area contributed by atoms with Crippen molar-refractivity contribution in [2.45, 2.75) is 45.2 Å². The molecule has 0 amide bonds. The molecule has 2 aliphatic heterocycles. The van der Waals surface area contributed by atoms with Crippen LogP contribution in [0.4, 0.5) is 0 Å². The first kappa shape index (κ1) is 13.1. The number of hydrogen-bond donors (Lipinski definition) is 1. The van der Waals surface area contributed by atoms with Gasteiger partial charge in [0.1, 0.15) is 0 Å². The third-order valence-electron chi connectivity index (χ3n) is 5.73. The van der Waals surface area contributed by atoms with Crippen molar-refractivity contribution in [3.63, 3.8) is 0 Å². The van der Waals surface area contributed by atoms with E-state index in [4.69, 9.17) is 0 Å². The first-order chi connectivity index (χ1) is 9.14. The zero-order valence-corrected chi connectivity index (χ0v) is 12.3. The molecule has 0 radical (unpaired) electrons. The monoisotopic (exact) mass is 258 g/mol. The Hall–Kier alpha value is -0.860. The molecule has 2 heterocycles. The van der Waals surface area contributed by atoms with E-state index in [0.717, 1.165) is 6.54 Å². The molecule has 0 saturated carbocycles. The van der Waals surface area contributed by atoms with Crippen molar-refractivity contribution in [1.82, 2.24) is 10.2 Å². The van der Waals surface area contributed by atoms with Gasteiger partial charge >= 0.3 is 0 Å². The topological polar surface area (TPSA) is 15.3 Å². The van der Waals surface area contributed by atoms with E-state index in [1.165, 1.54) is 44.5 Å². The summed E-state index contributed by atoms with van der Waals surface area (Å²) in [4.78, 5) is 2.70. The van der Waals surface area contributed by atoms with Crippen molar-refractivity contribution < 1.29 is 0 Å². The van der Waals surface area contributed by atoms with Crippen LogP contribution in [-0.2, 0) is 6.54 Å². The van der Waals surface area contributed by atoms with Gasteiger partial charge in [-0.15, -0.1) is 0 Å². The molecule has 2 heteroatoms. The van der Waals surface area contributed by atoms with Crippen LogP contribution in [0.2, 0.25) is 0 Å². The molecule has 1 aromatic carbocycles. The van der Waals surface area contributed by atoms with Crippen LogP contribution in [-0.4, -0.2) is 30.1 Å². The number of nitrogens with one attached hydrogen (secondary N) is 1. The lowest BCUT2D eigenvalue weighted by molar-refractivity contribution is 0.0369. The fraction of sp³-hybridized carbons (Fsp3) is 0.647. The molecule has 19 heavy (non-hydrogen) atoms. The third kappa shape index (κ3) is 2.21. The maximum Gasteiger partial charge on any atom is 0.0239 e. The minimum Gasteiger partial charge on any atom is -0.317 e. The van der Waals surface area contributed by atoms with Crippen LogP contribution in [0.5, 0.6) is 0 Å². The summed E-state index contributed by atoms with van der Waals surface area (Å²) in [7, 11) is 0. The van der Waals surface area contributed by atoms with Crippen LogP contribution in [0.3, 0.4) is 0 Å². The highest BCUT2D eigenvalue weighted by atomic mass is 15.2. The molecule has 1 spiro atoms. The smallest absolute Gasteiger partial charge is 0.0239 e. The number of benzene rings is 1. The quantitative estimate of drug-likeness (QED) is 0.877. The lowest BCUT2D eigenvalue weighted by atomic mass is 9.66. The highest BCUT2D eigenvalue weighted by molar-refractivity contribution is 5.17. The Morgan fingerprint density at radius 1 is 1.05 bits per heavy atom. The highest BCUT2D eigenvalue weighted by Crippen LogP contribution is 2.51. The van der Waals surface area contributed by atoms with Crippen molar-refractivity contribution in [2.75, 3.05) is 19.6 Å². The first-order valence-corrected chi connectivity index (χ1v) is 7.64. The summed E-state index contributed by atoms with van der Waals surface area (Å²) in [6.45, 7) is 9.68. The molecule has 0 aromatic heterocycles. The Labute approximate surface area is 117 Å². The van der Waals surface area contributed by atoms with Crippen molar-refractivity contribution >= 4 is 0 Å². The summed E-state index contributed by atoms with van der Waals surface area (Å²) < 4.78 is 0. The molecule has 1 N–H and O–H groups in total. The fourth-order valence-electron chi connectivity index (χ4n) is 4.12. The Kier molecular flexibility index (Phi) is 3.40. The molecule has 2 fully saturated rings. The van der Waals surface area contributed by atoms with Crippen molar-refractivity contribution in [2.24, 2.45) is 5.41 Å². The molecule has 0 bridgehead atoms. The van der Waals surface area contributed by atoms with Crippen molar-refractivity contribution in [3.05, 3.63) is 35.9 Å². The second-order valence-corrected chi connectivity index (χ2v) is 6.75. The zero-order valence-electron chi connectivity index (χ0n) is 12.3. The first-order valence-electron chi connectivity index (χ1n) is 7.64. The van der Waals surface area contributed by atoms with Gasteiger partial charge in [-0.1, -0.05) is 30.3 Å². The summed E-state index contributed by atoms with van der Waals surface area (Å²) in [6, 6.07) is 10.9. The van der Waals surface area contributed by atoms with Gasteiger partial charge in [-0.25, -0.2) is 0 Å². The van der Waals surface area contributed by atoms with Crippen molar-refractivity contribution in [3.8, 4) is 0 Å². The molecule has 0 aliphatic carbocycles. The van der Waals surface area contributed by atoms with Crippen LogP contribution in [0.1, 0.15) is 38.7 Å². The molecule has 0 unspecified atom stereocenters. The van der Waals surface area contributed by atoms with Gasteiger partial charge in [0.2, 0.25) is 0 Å². The maximum absolute atomic E-state index is 3.52. The summed E-state index contributed by atoms with van der Waals surface area (Å²) >= 11 is 0. The molecule has 104 valence electrons. The van der Waals surface area contributed by atoms with Crippen LogP contribution in [0.15, 0.2) is 30.3 Å². The Morgan fingerprint density at radius 3 is 2.42 bits per heavy atom. The Bertz CT molecular complexity index is 418. The van der Waals surface area contributed by atoms with E-state index in [0.29, 0.717) is 11.0 Å². The minimum atomic E-state index is 0.324. The van der Waals surface area contributed by atoms with E-state index in [1.54, 1.807) is 0 Å². The van der Waals surface area contributed by atoms with E-state index in [9.17, 15) is 0 Å². The summed E-state index contributed by atoms with van der Waals surface area (Å²) in [5.74, 6) is 0. The highest BCUT2D eigenvalue weighted by Gasteiger charge is 2.52. The van der Waals surface area contributed by atoms with Gasteiger partial charge in [-0.2, -0.15) is 0 Å². The molecule has 2 nitrogen and oxygen atoms in total. The van der Waals surface area contributed by atoms with Gasteiger partial charge in [0.25, 0.3) is 0 Å². The predicted molar refractivity (Wildman–Crippen MR) is 80.1 cm³/mol. The van der Waals surface area contributed by atoms with E-state index < -0.39 is 0 Å². The number of rotatable bonds is 2. The molecular weight excluding hydrogens is 232 g/mol. The largest absolute Gasteiger partial charge is 0.317 e. The lowest BCUT2D eigenvalue weighted by Crippen LogP contribution is -2.52. The Balaban J connectivity index is 1.77. The van der Waals surface area contributed by atoms with Gasteiger partial charge in [0.15, 0.2) is 0 Å². The summed E-state index contributed by atoms with van der Waals surface area (Å²) in [6.07, 6.45) is 4.05. The predicted octanol–water partition coefficient (Wildman–Crippen LogP) is 3.04. The Morgan fingerprint density at radius 2 is 1.74 bits per heavy atom. The third-order valence-corrected chi connectivity index (χ3v) is 5.73. The second kappa shape index (κ2) is 4.92. The molecule has 0 atom stereocenters. The lowest BCUT2D eigenvalue weighted by Gasteiger charge is -2.48. The van der Waals surface area contributed by atoms with Gasteiger partial charge in [-0.05, 0) is 63.7 Å². The van der Waals surface area contributed by atoms with Gasteiger partial charge in [0.05, 0.1) is 0 Å². The maximum atomic E-state index is 3.52. The van der Waals surface area contributed by atoms with E-state index in [1.807, 2.05) is 0 Å². The van der Waals surface area contributed by atoms with Gasteiger partial charge < -0.3 is 5.32 Å². The van der Waals surface area contributed by atoms with Crippen LogP contribution >= 0.6 is 0 Å².